The van der Waals surface area contributed by atoms with E-state index in [4.69, 9.17) is 21.5 Å². The number of nitrogens with one attached hydrogen (secondary N) is 1. The summed E-state index contributed by atoms with van der Waals surface area (Å²) in [6.07, 6.45) is -4.34. The van der Waals surface area contributed by atoms with Crippen molar-refractivity contribution >= 4 is 29.2 Å². The first-order chi connectivity index (χ1) is 11.6. The third kappa shape index (κ3) is 10.4. The number of carboxylic acids is 1. The normalized spacial score (nSPS) is 11.8. The van der Waals surface area contributed by atoms with Crippen molar-refractivity contribution in [2.45, 2.75) is 25.2 Å². The fourth-order valence-corrected chi connectivity index (χ4v) is 1.74. The third-order valence-electron chi connectivity index (χ3n) is 2.85. The van der Waals surface area contributed by atoms with Crippen molar-refractivity contribution in [2.24, 2.45) is 0 Å². The molecule has 25 heavy (non-hydrogen) atoms. The van der Waals surface area contributed by atoms with E-state index in [0.717, 1.165) is 25.2 Å². The molecule has 1 aromatic carbocycles. The van der Waals surface area contributed by atoms with Crippen LogP contribution in [0.4, 0.5) is 23.2 Å². The van der Waals surface area contributed by atoms with E-state index >= 15 is 0 Å². The number of benzene rings is 1. The fourth-order valence-electron chi connectivity index (χ4n) is 1.67. The molecule has 0 heterocycles. The number of halogens is 5. The maximum Gasteiger partial charge on any atom is 0.490 e. The molecule has 0 aliphatic carbocycles. The smallest absolute Gasteiger partial charge is 0.475 e. The number of amides is 1. The molecule has 10 heteroatoms. The van der Waals surface area contributed by atoms with Gasteiger partial charge in [0.25, 0.3) is 11.5 Å². The molecular weight excluding hydrogens is 368 g/mol. The number of para-hydroxylation sites is 1. The number of hydrogen-bond donors (Lipinski definition) is 2. The molecule has 1 unspecified atom stereocenters. The van der Waals surface area contributed by atoms with Gasteiger partial charge in [0.05, 0.1) is 0 Å². The lowest BCUT2D eigenvalue weighted by molar-refractivity contribution is -0.192. The maximum absolute atomic E-state index is 12.4. The quantitative estimate of drug-likeness (QED) is 0.429. The van der Waals surface area contributed by atoms with Crippen LogP contribution in [0.5, 0.6) is 0 Å². The Hall–Kier alpha value is -2.03. The van der Waals surface area contributed by atoms with Gasteiger partial charge in [0.15, 0.2) is 0 Å². The van der Waals surface area contributed by atoms with E-state index in [1.807, 2.05) is 30.3 Å². The zero-order valence-corrected chi connectivity index (χ0v) is 14.1. The van der Waals surface area contributed by atoms with E-state index in [2.05, 4.69) is 17.1 Å². The van der Waals surface area contributed by atoms with Crippen LogP contribution in [0.1, 0.15) is 13.3 Å². The molecule has 1 aromatic rings. The molecule has 0 saturated carbocycles. The van der Waals surface area contributed by atoms with Gasteiger partial charge >= 0.3 is 12.1 Å². The number of alkyl halides is 5. The van der Waals surface area contributed by atoms with Gasteiger partial charge in [0.1, 0.15) is 0 Å². The van der Waals surface area contributed by atoms with Gasteiger partial charge in [-0.3, -0.25) is 4.79 Å². The molecule has 0 radical (unpaired) electrons. The van der Waals surface area contributed by atoms with E-state index in [-0.39, 0.29) is 0 Å². The van der Waals surface area contributed by atoms with E-state index in [0.29, 0.717) is 6.54 Å². The van der Waals surface area contributed by atoms with Crippen molar-refractivity contribution in [3.8, 4) is 0 Å². The number of hydrogen-bond acceptors (Lipinski definition) is 3. The molecule has 1 amide bonds. The van der Waals surface area contributed by atoms with Gasteiger partial charge in [-0.25, -0.2) is 9.18 Å². The van der Waals surface area contributed by atoms with Gasteiger partial charge in [-0.2, -0.15) is 13.2 Å². The Morgan fingerprint density at radius 2 is 1.80 bits per heavy atom. The second-order valence-corrected chi connectivity index (χ2v) is 5.05. The zero-order chi connectivity index (χ0) is 19.5. The summed E-state index contributed by atoms with van der Waals surface area (Å²) in [4.78, 5) is 22.0. The average Bonchev–Trinajstić information content (AvgIpc) is 2.55. The number of rotatable bonds is 7. The maximum atomic E-state index is 12.4. The third-order valence-corrected chi connectivity index (χ3v) is 3.05. The first kappa shape index (κ1) is 23.0. The van der Waals surface area contributed by atoms with Gasteiger partial charge in [0.2, 0.25) is 0 Å². The molecule has 0 aliphatic heterocycles. The molecular formula is C15H19ClF4N2O3. The largest absolute Gasteiger partial charge is 0.490 e. The van der Waals surface area contributed by atoms with Gasteiger partial charge in [-0.15, -0.1) is 0 Å². The highest BCUT2D eigenvalue weighted by molar-refractivity contribution is 6.29. The summed E-state index contributed by atoms with van der Waals surface area (Å²) in [5.41, 5.74) is -0.812. The van der Waals surface area contributed by atoms with Crippen LogP contribution in [0.25, 0.3) is 0 Å². The fraction of sp³-hybridized carbons (Fsp3) is 0.467. The summed E-state index contributed by atoms with van der Waals surface area (Å²) >= 11 is 5.00. The SMILES string of the molecule is CCN(CCCNC(=O)C(F)Cl)c1ccccc1.O=C(O)C(F)(F)F. The minimum absolute atomic E-state index is 0.426. The summed E-state index contributed by atoms with van der Waals surface area (Å²) in [7, 11) is 0. The van der Waals surface area contributed by atoms with E-state index in [9.17, 15) is 22.4 Å². The van der Waals surface area contributed by atoms with E-state index < -0.39 is 23.7 Å². The molecule has 2 N–H and O–H groups in total. The molecule has 1 atom stereocenters. The first-order valence-corrected chi connectivity index (χ1v) is 7.69. The van der Waals surface area contributed by atoms with Crippen molar-refractivity contribution < 1.29 is 32.3 Å². The lowest BCUT2D eigenvalue weighted by Crippen LogP contribution is -2.32. The summed E-state index contributed by atoms with van der Waals surface area (Å²) in [5.74, 6) is -3.52. The minimum Gasteiger partial charge on any atom is -0.475 e. The van der Waals surface area contributed by atoms with Crippen LogP contribution < -0.4 is 10.2 Å². The molecule has 0 fully saturated rings. The Labute approximate surface area is 147 Å². The molecule has 0 aromatic heterocycles. The van der Waals surface area contributed by atoms with Crippen LogP contribution in [0.15, 0.2) is 30.3 Å². The summed E-state index contributed by atoms with van der Waals surface area (Å²) in [6.45, 7) is 4.19. The summed E-state index contributed by atoms with van der Waals surface area (Å²) in [5, 5.41) is 9.57. The van der Waals surface area contributed by atoms with Crippen molar-refractivity contribution in [1.29, 1.82) is 0 Å². The van der Waals surface area contributed by atoms with Gasteiger partial charge < -0.3 is 15.3 Å². The molecule has 142 valence electrons. The molecule has 0 saturated heterocycles. The topological polar surface area (TPSA) is 69.6 Å². The molecule has 1 rings (SSSR count). The van der Waals surface area contributed by atoms with Crippen LogP contribution >= 0.6 is 11.6 Å². The number of nitrogens with zero attached hydrogens (tertiary/aromatic N) is 1. The predicted octanol–water partition coefficient (Wildman–Crippen LogP) is 3.19. The Bertz CT molecular complexity index is 527. The van der Waals surface area contributed by atoms with Crippen LogP contribution in [0.3, 0.4) is 0 Å². The average molecular weight is 387 g/mol. The Balaban J connectivity index is 0.000000697. The van der Waals surface area contributed by atoms with Crippen molar-refractivity contribution in [2.75, 3.05) is 24.5 Å². The van der Waals surface area contributed by atoms with E-state index in [1.165, 1.54) is 0 Å². The van der Waals surface area contributed by atoms with Crippen molar-refractivity contribution in [1.82, 2.24) is 5.32 Å². The Morgan fingerprint density at radius 1 is 1.28 bits per heavy atom. The second kappa shape index (κ2) is 11.5. The predicted molar refractivity (Wildman–Crippen MR) is 86.4 cm³/mol. The number of aliphatic carboxylic acids is 1. The second-order valence-electron chi connectivity index (χ2n) is 4.66. The minimum atomic E-state index is -5.08. The number of carboxylic acid groups (broad SMARTS) is 1. The highest BCUT2D eigenvalue weighted by atomic mass is 35.5. The van der Waals surface area contributed by atoms with Crippen LogP contribution in [0, 0.1) is 0 Å². The summed E-state index contributed by atoms with van der Waals surface area (Å²) < 4.78 is 44.1. The highest BCUT2D eigenvalue weighted by Crippen LogP contribution is 2.13. The Kier molecular flexibility index (Phi) is 10.6. The zero-order valence-electron chi connectivity index (χ0n) is 13.4. The highest BCUT2D eigenvalue weighted by Gasteiger charge is 2.38. The molecule has 0 aliphatic rings. The number of carbonyl (C=O) groups is 2. The monoisotopic (exact) mass is 386 g/mol. The van der Waals surface area contributed by atoms with Crippen LogP contribution in [0.2, 0.25) is 0 Å². The van der Waals surface area contributed by atoms with Crippen molar-refractivity contribution in [3.63, 3.8) is 0 Å². The molecule has 0 spiro atoms. The summed E-state index contributed by atoms with van der Waals surface area (Å²) in [6, 6.07) is 10.0. The van der Waals surface area contributed by atoms with Gasteiger partial charge in [-0.05, 0) is 25.5 Å². The lowest BCUT2D eigenvalue weighted by atomic mass is 10.2. The molecule has 5 nitrogen and oxygen atoms in total. The van der Waals surface area contributed by atoms with E-state index in [1.54, 1.807) is 0 Å². The van der Waals surface area contributed by atoms with Crippen LogP contribution in [-0.2, 0) is 9.59 Å². The molecule has 0 bridgehead atoms. The van der Waals surface area contributed by atoms with Gasteiger partial charge in [-0.1, -0.05) is 29.8 Å². The van der Waals surface area contributed by atoms with Crippen LogP contribution in [-0.4, -0.2) is 48.4 Å². The van der Waals surface area contributed by atoms with Gasteiger partial charge in [0, 0.05) is 25.3 Å². The Morgan fingerprint density at radius 3 is 2.20 bits per heavy atom. The lowest BCUT2D eigenvalue weighted by Gasteiger charge is -2.23. The number of carbonyl (C=O) groups excluding carboxylic acids is 1. The number of anilines is 1. The van der Waals surface area contributed by atoms with Crippen molar-refractivity contribution in [3.05, 3.63) is 30.3 Å². The first-order valence-electron chi connectivity index (χ1n) is 7.25. The standard InChI is InChI=1S/C13H18ClFN2O.C2HF3O2/c1-2-17(11-7-4-3-5-8-11)10-6-9-16-13(18)12(14)15;3-2(4,5)1(6)7/h3-5,7-8,12H,2,6,9-10H2,1H3,(H,16,18);(H,6,7).